The number of hydrogen-bond donors (Lipinski definition) is 0. The minimum Gasteiger partial charge on any atom is -0.350 e. The molecule has 0 aliphatic carbocycles. The van der Waals surface area contributed by atoms with Crippen molar-refractivity contribution in [3.8, 4) is 0 Å². The van der Waals surface area contributed by atoms with Crippen LogP contribution in [0.15, 0.2) is 60.8 Å². The van der Waals surface area contributed by atoms with Gasteiger partial charge in [-0.1, -0.05) is 30.3 Å². The van der Waals surface area contributed by atoms with E-state index in [0.29, 0.717) is 0 Å². The predicted octanol–water partition coefficient (Wildman–Crippen LogP) is 5.07. The average molecular weight is 352 g/mol. The lowest BCUT2D eigenvalue weighted by Crippen LogP contribution is -2.30. The van der Waals surface area contributed by atoms with Crippen molar-refractivity contribution < 1.29 is 8.78 Å². The van der Waals surface area contributed by atoms with Crippen LogP contribution in [0.4, 0.5) is 8.78 Å². The first-order valence-corrected chi connectivity index (χ1v) is 9.02. The number of nitrogens with zero attached hydrogens (tertiary/aromatic N) is 2. The lowest BCUT2D eigenvalue weighted by Gasteiger charge is -2.31. The maximum absolute atomic E-state index is 14.0. The zero-order chi connectivity index (χ0) is 18.1. The van der Waals surface area contributed by atoms with E-state index >= 15 is 0 Å². The van der Waals surface area contributed by atoms with Crippen molar-refractivity contribution in [3.63, 3.8) is 0 Å². The van der Waals surface area contributed by atoms with E-state index in [9.17, 15) is 8.78 Å². The second kappa shape index (κ2) is 7.04. The van der Waals surface area contributed by atoms with Crippen molar-refractivity contribution >= 4 is 0 Å². The van der Waals surface area contributed by atoms with Crippen LogP contribution in [0, 0.1) is 18.6 Å². The van der Waals surface area contributed by atoms with E-state index in [-0.39, 0.29) is 6.04 Å². The second-order valence-corrected chi connectivity index (χ2v) is 6.95. The molecule has 0 bridgehead atoms. The van der Waals surface area contributed by atoms with Gasteiger partial charge in [-0.05, 0) is 54.3 Å². The monoisotopic (exact) mass is 352 g/mol. The highest BCUT2D eigenvalue weighted by Crippen LogP contribution is 2.34. The van der Waals surface area contributed by atoms with E-state index in [1.165, 1.54) is 23.3 Å². The van der Waals surface area contributed by atoms with Crippen LogP contribution in [0.3, 0.4) is 0 Å². The quantitative estimate of drug-likeness (QED) is 0.639. The molecule has 0 radical (unpaired) electrons. The Kier molecular flexibility index (Phi) is 4.60. The Bertz CT molecular complexity index is 916. The van der Waals surface area contributed by atoms with Crippen LogP contribution in [-0.4, -0.2) is 16.0 Å². The number of rotatable bonds is 3. The lowest BCUT2D eigenvalue weighted by atomic mass is 10.00. The highest BCUT2D eigenvalue weighted by Gasteiger charge is 2.28. The number of aryl methyl sites for hydroxylation is 2. The fraction of sp³-hybridized carbons (Fsp3) is 0.273. The van der Waals surface area contributed by atoms with Gasteiger partial charge < -0.3 is 4.57 Å². The molecular formula is C22H22F2N2. The summed E-state index contributed by atoms with van der Waals surface area (Å²) in [7, 11) is 0. The molecule has 0 N–H and O–H groups in total. The highest BCUT2D eigenvalue weighted by molar-refractivity contribution is 5.32. The van der Waals surface area contributed by atoms with E-state index in [1.54, 1.807) is 6.07 Å². The van der Waals surface area contributed by atoms with E-state index < -0.39 is 11.6 Å². The second-order valence-electron chi connectivity index (χ2n) is 6.95. The molecule has 1 aromatic heterocycles. The summed E-state index contributed by atoms with van der Waals surface area (Å²) in [5.41, 5.74) is 4.43. The first-order valence-electron chi connectivity index (χ1n) is 9.02. The summed E-state index contributed by atoms with van der Waals surface area (Å²) >= 11 is 0. The van der Waals surface area contributed by atoms with Gasteiger partial charge in [-0.3, -0.25) is 4.90 Å². The Hall–Kier alpha value is -2.46. The standard InChI is InChI=1S/C22H22F2N2/c1-16-6-2-3-7-18(16)15-26-13-5-12-25-11-4-8-21(25)22(26)17-9-10-19(23)20(24)14-17/h2-4,6-11,14,22H,5,12-13,15H2,1H3/t22-/m1/s1. The Labute approximate surface area is 152 Å². The van der Waals surface area contributed by atoms with Crippen LogP contribution in [0.2, 0.25) is 0 Å². The Morgan fingerprint density at radius 1 is 0.962 bits per heavy atom. The van der Waals surface area contributed by atoms with Crippen LogP contribution < -0.4 is 0 Å². The Morgan fingerprint density at radius 3 is 2.62 bits per heavy atom. The average Bonchev–Trinajstić information content (AvgIpc) is 3.01. The highest BCUT2D eigenvalue weighted by atomic mass is 19.2. The van der Waals surface area contributed by atoms with Crippen molar-refractivity contribution in [2.45, 2.75) is 32.5 Å². The van der Waals surface area contributed by atoms with Crippen molar-refractivity contribution in [1.82, 2.24) is 9.47 Å². The molecule has 4 heteroatoms. The van der Waals surface area contributed by atoms with Gasteiger partial charge in [-0.15, -0.1) is 0 Å². The number of fused-ring (bicyclic) bond motifs is 1. The fourth-order valence-electron chi connectivity index (χ4n) is 3.88. The van der Waals surface area contributed by atoms with Crippen LogP contribution >= 0.6 is 0 Å². The zero-order valence-electron chi connectivity index (χ0n) is 14.8. The third kappa shape index (κ3) is 3.17. The third-order valence-electron chi connectivity index (χ3n) is 5.25. The molecule has 0 saturated carbocycles. The molecule has 0 spiro atoms. The Balaban J connectivity index is 1.78. The van der Waals surface area contributed by atoms with Gasteiger partial charge in [0.25, 0.3) is 0 Å². The van der Waals surface area contributed by atoms with Crippen molar-refractivity contribution in [2.75, 3.05) is 6.54 Å². The summed E-state index contributed by atoms with van der Waals surface area (Å²) in [5.74, 6) is -1.59. The van der Waals surface area contributed by atoms with E-state index in [0.717, 1.165) is 37.3 Å². The first-order chi connectivity index (χ1) is 12.6. The van der Waals surface area contributed by atoms with Gasteiger partial charge in [-0.2, -0.15) is 0 Å². The van der Waals surface area contributed by atoms with Gasteiger partial charge in [0.15, 0.2) is 11.6 Å². The maximum atomic E-state index is 14.0. The van der Waals surface area contributed by atoms with E-state index in [4.69, 9.17) is 0 Å². The molecule has 3 aromatic rings. The molecule has 4 rings (SSSR count). The molecule has 1 atom stereocenters. The minimum atomic E-state index is -0.803. The van der Waals surface area contributed by atoms with E-state index in [2.05, 4.69) is 46.9 Å². The van der Waals surface area contributed by atoms with Gasteiger partial charge in [0.1, 0.15) is 0 Å². The summed E-state index contributed by atoms with van der Waals surface area (Å²) in [5, 5.41) is 0. The van der Waals surface area contributed by atoms with Crippen LogP contribution in [0.5, 0.6) is 0 Å². The molecule has 0 amide bonds. The Morgan fingerprint density at radius 2 is 1.81 bits per heavy atom. The van der Waals surface area contributed by atoms with Crippen LogP contribution in [0.25, 0.3) is 0 Å². The third-order valence-corrected chi connectivity index (χ3v) is 5.25. The largest absolute Gasteiger partial charge is 0.350 e. The normalized spacial score (nSPS) is 17.7. The summed E-state index contributed by atoms with van der Waals surface area (Å²) in [6, 6.07) is 16.6. The first kappa shape index (κ1) is 17.0. The summed E-state index contributed by atoms with van der Waals surface area (Å²) in [6.07, 6.45) is 3.09. The molecular weight excluding hydrogens is 330 g/mol. The van der Waals surface area contributed by atoms with Crippen LogP contribution in [-0.2, 0) is 13.1 Å². The topological polar surface area (TPSA) is 8.17 Å². The van der Waals surface area contributed by atoms with Crippen molar-refractivity contribution in [2.24, 2.45) is 0 Å². The molecule has 0 saturated heterocycles. The summed E-state index contributed by atoms with van der Waals surface area (Å²) in [4.78, 5) is 2.37. The zero-order valence-corrected chi connectivity index (χ0v) is 14.8. The van der Waals surface area contributed by atoms with Gasteiger partial charge in [-0.25, -0.2) is 8.78 Å². The molecule has 1 aliphatic heterocycles. The smallest absolute Gasteiger partial charge is 0.159 e. The molecule has 0 fully saturated rings. The number of aromatic nitrogens is 1. The summed E-state index contributed by atoms with van der Waals surface area (Å²) < 4.78 is 29.7. The van der Waals surface area contributed by atoms with Gasteiger partial charge in [0.05, 0.1) is 6.04 Å². The maximum Gasteiger partial charge on any atom is 0.159 e. The SMILES string of the molecule is Cc1ccccc1CN1CCCn2cccc2[C@H]1c1ccc(F)c(F)c1. The van der Waals surface area contributed by atoms with Gasteiger partial charge >= 0.3 is 0 Å². The molecule has 134 valence electrons. The number of halogens is 2. The molecule has 2 heterocycles. The number of benzene rings is 2. The molecule has 26 heavy (non-hydrogen) atoms. The fourth-order valence-corrected chi connectivity index (χ4v) is 3.88. The van der Waals surface area contributed by atoms with Crippen molar-refractivity contribution in [3.05, 3.63) is 94.8 Å². The lowest BCUT2D eigenvalue weighted by molar-refractivity contribution is 0.219. The predicted molar refractivity (Wildman–Crippen MR) is 98.8 cm³/mol. The van der Waals surface area contributed by atoms with Crippen molar-refractivity contribution in [1.29, 1.82) is 0 Å². The minimum absolute atomic E-state index is 0.0952. The number of hydrogen-bond acceptors (Lipinski definition) is 1. The van der Waals surface area contributed by atoms with Crippen LogP contribution in [0.1, 0.15) is 34.8 Å². The molecule has 0 unspecified atom stereocenters. The van der Waals surface area contributed by atoms with Gasteiger partial charge in [0, 0.05) is 31.5 Å². The molecule has 2 nitrogen and oxygen atoms in total. The molecule has 2 aromatic carbocycles. The summed E-state index contributed by atoms with van der Waals surface area (Å²) in [6.45, 7) is 4.73. The molecule has 1 aliphatic rings. The van der Waals surface area contributed by atoms with E-state index in [1.807, 2.05) is 12.1 Å². The van der Waals surface area contributed by atoms with Gasteiger partial charge in [0.2, 0.25) is 0 Å².